The van der Waals surface area contributed by atoms with E-state index in [0.29, 0.717) is 0 Å². The van der Waals surface area contributed by atoms with Crippen molar-refractivity contribution < 1.29 is 14.0 Å². The summed E-state index contributed by atoms with van der Waals surface area (Å²) in [6.45, 7) is 0. The third-order valence-corrected chi connectivity index (χ3v) is 1.41. The molecule has 4 N–H and O–H groups in total. The second-order valence-corrected chi connectivity index (χ2v) is 2.66. The summed E-state index contributed by atoms with van der Waals surface area (Å²) < 4.78 is 4.79. The number of urea groups is 1. The molecule has 74 valence electrons. The highest BCUT2D eigenvalue weighted by Gasteiger charge is 2.10. The third-order valence-electron chi connectivity index (χ3n) is 1.21. The molecule has 0 unspecified atom stereocenters. The second kappa shape index (κ2) is 4.38. The van der Waals surface area contributed by atoms with Crippen LogP contribution in [0.25, 0.3) is 0 Å². The summed E-state index contributed by atoms with van der Waals surface area (Å²) in [5.74, 6) is -0.452. The van der Waals surface area contributed by atoms with E-state index in [-0.39, 0.29) is 10.9 Å². The van der Waals surface area contributed by atoms with Crippen molar-refractivity contribution in [2.75, 3.05) is 0 Å². The van der Waals surface area contributed by atoms with Crippen LogP contribution in [0.3, 0.4) is 0 Å². The summed E-state index contributed by atoms with van der Waals surface area (Å²) in [5, 5.41) is 4.07. The van der Waals surface area contributed by atoms with Gasteiger partial charge < -0.3 is 10.2 Å². The molecule has 0 aliphatic heterocycles. The van der Waals surface area contributed by atoms with Gasteiger partial charge >= 0.3 is 6.03 Å². The van der Waals surface area contributed by atoms with Crippen LogP contribution in [0, 0.1) is 0 Å². The quantitative estimate of drug-likeness (QED) is 0.570. The van der Waals surface area contributed by atoms with Gasteiger partial charge in [0.25, 0.3) is 5.91 Å². The minimum Gasteiger partial charge on any atom is -0.459 e. The average Bonchev–Trinajstić information content (AvgIpc) is 2.53. The van der Waals surface area contributed by atoms with Crippen LogP contribution in [0.1, 0.15) is 10.6 Å². The molecule has 0 saturated carbocycles. The van der Waals surface area contributed by atoms with Crippen molar-refractivity contribution in [3.05, 3.63) is 24.2 Å². The van der Waals surface area contributed by atoms with Gasteiger partial charge in [0.15, 0.2) is 10.9 Å². The Morgan fingerprint density at radius 1 is 1.43 bits per heavy atom. The molecular weight excluding hydrogens is 206 g/mol. The van der Waals surface area contributed by atoms with Crippen molar-refractivity contribution in [2.24, 2.45) is 5.73 Å². The topological polar surface area (TPSA) is 97.4 Å². The summed E-state index contributed by atoms with van der Waals surface area (Å²) in [5.41, 5.74) is 4.78. The lowest BCUT2D eigenvalue weighted by molar-refractivity contribution is 0.0950. The Morgan fingerprint density at radius 2 is 2.14 bits per heavy atom. The van der Waals surface area contributed by atoms with Gasteiger partial charge in [-0.05, 0) is 24.4 Å². The summed E-state index contributed by atoms with van der Waals surface area (Å²) in [7, 11) is 0. The molecule has 7 heteroatoms. The Labute approximate surface area is 84.4 Å². The number of amides is 3. The lowest BCUT2D eigenvalue weighted by atomic mass is 10.4. The number of hydrogen-bond donors (Lipinski definition) is 3. The lowest BCUT2D eigenvalue weighted by Crippen LogP contribution is -2.44. The van der Waals surface area contributed by atoms with Crippen LogP contribution >= 0.6 is 12.2 Å². The van der Waals surface area contributed by atoms with Crippen LogP contribution in [0.15, 0.2) is 22.8 Å². The number of carbonyl (C=O) groups excluding carboxylic acids is 2. The van der Waals surface area contributed by atoms with Gasteiger partial charge in [0.05, 0.1) is 6.26 Å². The smallest absolute Gasteiger partial charge is 0.318 e. The van der Waals surface area contributed by atoms with Crippen LogP contribution in [-0.2, 0) is 0 Å². The fourth-order valence-corrected chi connectivity index (χ4v) is 0.909. The maximum atomic E-state index is 11.2. The van der Waals surface area contributed by atoms with E-state index < -0.39 is 11.9 Å². The van der Waals surface area contributed by atoms with Crippen molar-refractivity contribution in [1.29, 1.82) is 0 Å². The third kappa shape index (κ3) is 2.87. The van der Waals surface area contributed by atoms with E-state index in [9.17, 15) is 9.59 Å². The largest absolute Gasteiger partial charge is 0.459 e. The minimum atomic E-state index is -0.838. The van der Waals surface area contributed by atoms with Crippen molar-refractivity contribution in [3.8, 4) is 0 Å². The summed E-state index contributed by atoms with van der Waals surface area (Å²) in [6.07, 6.45) is 1.35. The molecule has 1 aromatic rings. The van der Waals surface area contributed by atoms with E-state index in [1.807, 2.05) is 5.32 Å². The first kappa shape index (κ1) is 10.2. The molecule has 1 rings (SSSR count). The van der Waals surface area contributed by atoms with Crippen LogP contribution in [0.4, 0.5) is 4.79 Å². The molecule has 0 aromatic carbocycles. The first-order valence-electron chi connectivity index (χ1n) is 3.55. The Kier molecular flexibility index (Phi) is 3.19. The van der Waals surface area contributed by atoms with Crippen molar-refractivity contribution in [3.63, 3.8) is 0 Å². The molecule has 0 atom stereocenters. The molecule has 1 heterocycles. The Morgan fingerprint density at radius 3 is 2.64 bits per heavy atom. The molecule has 3 amide bonds. The van der Waals surface area contributed by atoms with Gasteiger partial charge in [-0.2, -0.15) is 0 Å². The van der Waals surface area contributed by atoms with Gasteiger partial charge in [-0.3, -0.25) is 15.4 Å². The lowest BCUT2D eigenvalue weighted by Gasteiger charge is -2.03. The standard InChI is InChI=1S/C7H7N3O3S/c8-6(12)10-7(14)9-5(11)4-2-1-3-13-4/h1-3H,(H4,8,9,10,11,12,14). The summed E-state index contributed by atoms with van der Waals surface area (Å²) in [6, 6.07) is 2.18. The molecule has 0 radical (unpaired) electrons. The predicted molar refractivity (Wildman–Crippen MR) is 51.5 cm³/mol. The number of thiocarbonyl (C=S) groups is 1. The minimum absolute atomic E-state index is 0.0959. The SMILES string of the molecule is NC(=O)NC(=S)NC(=O)c1ccco1. The summed E-state index contributed by atoms with van der Waals surface area (Å²) >= 11 is 4.59. The van der Waals surface area contributed by atoms with Crippen LogP contribution in [-0.4, -0.2) is 17.1 Å². The van der Waals surface area contributed by atoms with Crippen molar-refractivity contribution in [1.82, 2.24) is 10.6 Å². The molecule has 0 spiro atoms. The molecule has 0 fully saturated rings. The fraction of sp³-hybridized carbons (Fsp3) is 0. The van der Waals surface area contributed by atoms with E-state index in [1.165, 1.54) is 12.3 Å². The maximum absolute atomic E-state index is 11.2. The Hall–Kier alpha value is -1.89. The van der Waals surface area contributed by atoms with Gasteiger partial charge in [-0.15, -0.1) is 0 Å². The highest BCUT2D eigenvalue weighted by Crippen LogP contribution is 1.98. The first-order chi connectivity index (χ1) is 6.59. The normalized spacial score (nSPS) is 9.14. The van der Waals surface area contributed by atoms with Gasteiger partial charge in [-0.25, -0.2) is 4.79 Å². The maximum Gasteiger partial charge on any atom is 0.318 e. The van der Waals surface area contributed by atoms with E-state index in [2.05, 4.69) is 17.5 Å². The van der Waals surface area contributed by atoms with E-state index in [4.69, 9.17) is 10.2 Å². The highest BCUT2D eigenvalue weighted by molar-refractivity contribution is 7.80. The molecule has 0 aliphatic rings. The zero-order valence-electron chi connectivity index (χ0n) is 6.94. The van der Waals surface area contributed by atoms with Crippen LogP contribution < -0.4 is 16.4 Å². The second-order valence-electron chi connectivity index (χ2n) is 2.25. The van der Waals surface area contributed by atoms with Gasteiger partial charge in [0.1, 0.15) is 0 Å². The molecule has 6 nitrogen and oxygen atoms in total. The number of rotatable bonds is 1. The number of nitrogens with two attached hydrogens (primary N) is 1. The van der Waals surface area contributed by atoms with Crippen molar-refractivity contribution >= 4 is 29.3 Å². The van der Waals surface area contributed by atoms with Crippen LogP contribution in [0.5, 0.6) is 0 Å². The molecule has 0 bridgehead atoms. The van der Waals surface area contributed by atoms with E-state index in [1.54, 1.807) is 6.07 Å². The first-order valence-corrected chi connectivity index (χ1v) is 3.95. The van der Waals surface area contributed by atoms with Gasteiger partial charge in [0, 0.05) is 0 Å². The predicted octanol–water partition coefficient (Wildman–Crippen LogP) is -0.0374. The zero-order chi connectivity index (χ0) is 10.6. The molecule has 0 saturated heterocycles. The zero-order valence-corrected chi connectivity index (χ0v) is 7.76. The van der Waals surface area contributed by atoms with E-state index in [0.717, 1.165) is 0 Å². The Balaban J connectivity index is 2.50. The molecular formula is C7H7N3O3S. The van der Waals surface area contributed by atoms with Gasteiger partial charge in [0.2, 0.25) is 0 Å². The van der Waals surface area contributed by atoms with Crippen molar-refractivity contribution in [2.45, 2.75) is 0 Å². The number of hydrogen-bond acceptors (Lipinski definition) is 4. The fourth-order valence-electron chi connectivity index (χ4n) is 0.716. The monoisotopic (exact) mass is 213 g/mol. The molecule has 1 aromatic heterocycles. The molecule has 0 aliphatic carbocycles. The molecule has 14 heavy (non-hydrogen) atoms. The highest BCUT2D eigenvalue weighted by atomic mass is 32.1. The number of furan rings is 1. The van der Waals surface area contributed by atoms with Crippen LogP contribution in [0.2, 0.25) is 0 Å². The summed E-state index contributed by atoms with van der Waals surface area (Å²) in [4.78, 5) is 21.5. The average molecular weight is 213 g/mol. The number of primary amides is 1. The van der Waals surface area contributed by atoms with E-state index >= 15 is 0 Å². The number of carbonyl (C=O) groups is 2. The Bertz CT molecular complexity index is 360. The number of nitrogens with one attached hydrogen (secondary N) is 2. The van der Waals surface area contributed by atoms with Gasteiger partial charge in [-0.1, -0.05) is 0 Å².